The molecule has 0 aliphatic heterocycles. The molecule has 0 atom stereocenters. The number of ether oxygens (including phenoxy) is 2. The topological polar surface area (TPSA) is 18.5 Å². The van der Waals surface area contributed by atoms with Crippen LogP contribution in [0.5, 0.6) is 11.5 Å². The molecule has 8 heteroatoms. The molecule has 3 rings (SSSR count). The first-order chi connectivity index (χ1) is 17.1. The molecule has 0 unspecified atom stereocenters. The molecule has 0 aliphatic rings. The Bertz CT molecular complexity index is 1130. The van der Waals surface area contributed by atoms with E-state index in [0.717, 1.165) is 67.6 Å². The number of hydrogen-bond acceptors (Lipinski definition) is 2. The van der Waals surface area contributed by atoms with Crippen molar-refractivity contribution in [3.63, 3.8) is 0 Å². The van der Waals surface area contributed by atoms with Crippen molar-refractivity contribution < 1.29 is 35.8 Å². The van der Waals surface area contributed by atoms with Gasteiger partial charge in [0, 0.05) is 0 Å². The van der Waals surface area contributed by atoms with Gasteiger partial charge in [-0.25, -0.2) is 8.78 Å². The van der Waals surface area contributed by atoms with Gasteiger partial charge in [0.2, 0.25) is 0 Å². The fraction of sp³-hybridized carbons (Fsp3) is 0.357. The molecule has 0 aromatic heterocycles. The summed E-state index contributed by atoms with van der Waals surface area (Å²) in [5, 5.41) is 0. The van der Waals surface area contributed by atoms with Gasteiger partial charge in [-0.2, -0.15) is 17.6 Å². The van der Waals surface area contributed by atoms with E-state index in [1.807, 2.05) is 13.8 Å². The van der Waals surface area contributed by atoms with Crippen LogP contribution in [0.2, 0.25) is 0 Å². The predicted molar refractivity (Wildman–Crippen MR) is 126 cm³/mol. The summed E-state index contributed by atoms with van der Waals surface area (Å²) in [6.07, 6.45) is -3.75. The van der Waals surface area contributed by atoms with Gasteiger partial charge in [0.1, 0.15) is 17.1 Å². The Morgan fingerprint density at radius 1 is 0.611 bits per heavy atom. The van der Waals surface area contributed by atoms with Gasteiger partial charge in [0.05, 0.1) is 5.56 Å². The summed E-state index contributed by atoms with van der Waals surface area (Å²) >= 11 is 0. The van der Waals surface area contributed by atoms with Crippen molar-refractivity contribution in [3.8, 4) is 11.5 Å². The number of benzene rings is 3. The predicted octanol–water partition coefficient (Wildman–Crippen LogP) is 8.91. The summed E-state index contributed by atoms with van der Waals surface area (Å²) in [7, 11) is 0. The van der Waals surface area contributed by atoms with E-state index in [1.165, 1.54) is 12.1 Å². The van der Waals surface area contributed by atoms with Crippen molar-refractivity contribution in [2.45, 2.75) is 64.6 Å². The lowest BCUT2D eigenvalue weighted by molar-refractivity contribution is -0.188. The minimum absolute atomic E-state index is 0.00656. The molecule has 0 saturated carbocycles. The summed E-state index contributed by atoms with van der Waals surface area (Å²) in [5.41, 5.74) is -0.877. The lowest BCUT2D eigenvalue weighted by Crippen LogP contribution is -2.25. The molecule has 0 saturated heterocycles. The summed E-state index contributed by atoms with van der Waals surface area (Å²) in [6, 6.07) is 11.6. The van der Waals surface area contributed by atoms with Gasteiger partial charge in [-0.3, -0.25) is 0 Å². The fourth-order valence-electron chi connectivity index (χ4n) is 3.71. The monoisotopic (exact) mass is 510 g/mol. The lowest BCUT2D eigenvalue weighted by atomic mass is 10.0. The summed E-state index contributed by atoms with van der Waals surface area (Å²) < 4.78 is 96.5. The second-order valence-corrected chi connectivity index (χ2v) is 8.51. The van der Waals surface area contributed by atoms with Crippen LogP contribution in [0.15, 0.2) is 60.7 Å². The SMILES string of the molecule is CCCCCc1ccc(C(F)(F)Oc2ccc(C(F)(F)Oc3ccc(CCC)cc3)cc2)c(F)c1F. The van der Waals surface area contributed by atoms with Crippen LogP contribution in [0.3, 0.4) is 0 Å². The first kappa shape index (κ1) is 27.4. The Balaban J connectivity index is 1.71. The van der Waals surface area contributed by atoms with Gasteiger partial charge in [-0.15, -0.1) is 0 Å². The summed E-state index contributed by atoms with van der Waals surface area (Å²) in [6.45, 7) is 3.95. The number of alkyl halides is 4. The minimum Gasteiger partial charge on any atom is -0.429 e. The fourth-order valence-corrected chi connectivity index (χ4v) is 3.71. The maximum atomic E-state index is 14.6. The number of rotatable bonds is 12. The van der Waals surface area contributed by atoms with Crippen LogP contribution in [0.25, 0.3) is 0 Å². The third-order valence-electron chi connectivity index (χ3n) is 5.67. The van der Waals surface area contributed by atoms with Crippen molar-refractivity contribution in [2.75, 3.05) is 0 Å². The Labute approximate surface area is 206 Å². The van der Waals surface area contributed by atoms with Crippen LogP contribution >= 0.6 is 0 Å². The van der Waals surface area contributed by atoms with Crippen molar-refractivity contribution in [1.29, 1.82) is 0 Å². The highest BCUT2D eigenvalue weighted by molar-refractivity contribution is 5.34. The number of halogens is 6. The molecule has 3 aromatic rings. The van der Waals surface area contributed by atoms with Gasteiger partial charge in [-0.1, -0.05) is 51.3 Å². The molecule has 0 N–H and O–H groups in total. The Morgan fingerprint density at radius 3 is 1.78 bits per heavy atom. The van der Waals surface area contributed by atoms with Crippen molar-refractivity contribution >= 4 is 0 Å². The van der Waals surface area contributed by atoms with E-state index < -0.39 is 40.7 Å². The highest BCUT2D eigenvalue weighted by Crippen LogP contribution is 2.37. The van der Waals surface area contributed by atoms with Gasteiger partial charge < -0.3 is 9.47 Å². The zero-order valence-corrected chi connectivity index (χ0v) is 20.1. The third-order valence-corrected chi connectivity index (χ3v) is 5.67. The second-order valence-electron chi connectivity index (χ2n) is 8.51. The molecule has 0 spiro atoms. The summed E-state index contributed by atoms with van der Waals surface area (Å²) in [5.74, 6) is -3.60. The van der Waals surface area contributed by atoms with Gasteiger partial charge in [0.15, 0.2) is 11.6 Å². The number of unbranched alkanes of at least 4 members (excludes halogenated alkanes) is 2. The number of aryl methyl sites for hydroxylation is 2. The highest BCUT2D eigenvalue weighted by Gasteiger charge is 2.40. The van der Waals surface area contributed by atoms with E-state index in [-0.39, 0.29) is 17.7 Å². The van der Waals surface area contributed by atoms with Crippen molar-refractivity contribution in [3.05, 3.63) is 94.6 Å². The van der Waals surface area contributed by atoms with E-state index in [1.54, 1.807) is 12.1 Å². The molecule has 0 heterocycles. The van der Waals surface area contributed by atoms with Crippen LogP contribution in [-0.2, 0) is 25.1 Å². The van der Waals surface area contributed by atoms with Crippen LogP contribution in [-0.4, -0.2) is 0 Å². The largest absolute Gasteiger partial charge is 0.429 e. The van der Waals surface area contributed by atoms with Crippen molar-refractivity contribution in [2.24, 2.45) is 0 Å². The van der Waals surface area contributed by atoms with Gasteiger partial charge >= 0.3 is 12.2 Å². The van der Waals surface area contributed by atoms with E-state index in [4.69, 9.17) is 4.74 Å². The molecule has 3 aromatic carbocycles. The molecule has 0 amide bonds. The molecule has 2 nitrogen and oxygen atoms in total. The Morgan fingerprint density at radius 2 is 1.19 bits per heavy atom. The molecule has 0 radical (unpaired) electrons. The minimum atomic E-state index is -4.23. The molecule has 0 aliphatic carbocycles. The number of hydrogen-bond donors (Lipinski definition) is 0. The van der Waals surface area contributed by atoms with Crippen LogP contribution in [0.4, 0.5) is 26.3 Å². The summed E-state index contributed by atoms with van der Waals surface area (Å²) in [4.78, 5) is 0. The molecule has 194 valence electrons. The molecule has 36 heavy (non-hydrogen) atoms. The van der Waals surface area contributed by atoms with Gasteiger partial charge in [0.25, 0.3) is 0 Å². The first-order valence-corrected chi connectivity index (χ1v) is 11.9. The molecular weight excluding hydrogens is 482 g/mol. The Kier molecular flexibility index (Phi) is 8.93. The van der Waals surface area contributed by atoms with E-state index >= 15 is 0 Å². The molecular formula is C28H28F6O2. The van der Waals surface area contributed by atoms with Crippen LogP contribution < -0.4 is 9.47 Å². The standard InChI is InChI=1S/C28H28F6O2/c1-3-5-6-8-20-11-18-24(26(30)25(20)29)28(33,34)36-23-16-12-21(13-17-23)27(31,32)35-22-14-9-19(7-4-2)10-15-22/h9-18H,3-8H2,1-2H3. The van der Waals surface area contributed by atoms with Crippen LogP contribution in [0, 0.1) is 11.6 Å². The zero-order valence-electron chi connectivity index (χ0n) is 20.1. The maximum absolute atomic E-state index is 14.6. The molecule has 0 bridgehead atoms. The average molecular weight is 511 g/mol. The smallest absolute Gasteiger partial charge is 0.429 e. The Hall–Kier alpha value is -3.16. The van der Waals surface area contributed by atoms with Crippen molar-refractivity contribution in [1.82, 2.24) is 0 Å². The third kappa shape index (κ3) is 6.74. The lowest BCUT2D eigenvalue weighted by Gasteiger charge is -2.21. The average Bonchev–Trinajstić information content (AvgIpc) is 2.83. The maximum Gasteiger partial charge on any atom is 0.429 e. The van der Waals surface area contributed by atoms with Gasteiger partial charge in [-0.05, 0) is 72.9 Å². The van der Waals surface area contributed by atoms with E-state index in [0.29, 0.717) is 6.42 Å². The highest BCUT2D eigenvalue weighted by atomic mass is 19.3. The first-order valence-electron chi connectivity index (χ1n) is 11.9. The quantitative estimate of drug-likeness (QED) is 0.179. The van der Waals surface area contributed by atoms with E-state index in [2.05, 4.69) is 4.74 Å². The van der Waals surface area contributed by atoms with Crippen LogP contribution in [0.1, 0.15) is 61.8 Å². The molecule has 0 fully saturated rings. The zero-order chi connectivity index (χ0) is 26.3. The van der Waals surface area contributed by atoms with E-state index in [9.17, 15) is 26.3 Å². The second kappa shape index (κ2) is 11.7. The normalized spacial score (nSPS) is 12.0.